The van der Waals surface area contributed by atoms with Crippen molar-refractivity contribution in [2.24, 2.45) is 5.92 Å². The minimum absolute atomic E-state index is 0.762. The predicted molar refractivity (Wildman–Crippen MR) is 42.6 cm³/mol. The number of hydrogen-bond acceptors (Lipinski definition) is 0. The van der Waals surface area contributed by atoms with Gasteiger partial charge < -0.3 is 0 Å². The van der Waals surface area contributed by atoms with E-state index in [2.05, 4.69) is 43.4 Å². The Kier molecular flexibility index (Phi) is 4.08. The zero-order valence-corrected chi connectivity index (χ0v) is 7.10. The smallest absolute Gasteiger partial charge is 0.0133 e. The van der Waals surface area contributed by atoms with Crippen molar-refractivity contribution < 1.29 is 0 Å². The highest BCUT2D eigenvalue weighted by molar-refractivity contribution is 14.1. The molecule has 7 heavy (non-hydrogen) atoms. The Bertz CT molecular complexity index is 41.4. The molecule has 0 aliphatic heterocycles. The van der Waals surface area contributed by atoms with Gasteiger partial charge in [0.2, 0.25) is 0 Å². The lowest BCUT2D eigenvalue weighted by Crippen LogP contribution is -2.03. The molecular weight excluding hydrogens is 199 g/mol. The average molecular weight is 211 g/mol. The number of alkyl halides is 1. The summed E-state index contributed by atoms with van der Waals surface area (Å²) in [5.41, 5.74) is 0. The molecule has 0 saturated heterocycles. The molecule has 0 nitrogen and oxygen atoms in total. The molecule has 0 fully saturated rings. The molecule has 1 atom stereocenters. The first kappa shape index (κ1) is 7.73. The van der Waals surface area contributed by atoms with Crippen LogP contribution in [-0.2, 0) is 0 Å². The molecule has 0 aromatic carbocycles. The maximum absolute atomic E-state index is 3.80. The lowest BCUT2D eigenvalue weighted by Gasteiger charge is -2.08. The summed E-state index contributed by atoms with van der Waals surface area (Å²) < 4.78 is 0.762. The van der Waals surface area contributed by atoms with Crippen LogP contribution in [0.4, 0.5) is 0 Å². The summed E-state index contributed by atoms with van der Waals surface area (Å²) >= 11 is 2.43. The van der Waals surface area contributed by atoms with Crippen molar-refractivity contribution in [3.63, 3.8) is 0 Å². The molecular formula is C6H12I. The quantitative estimate of drug-likeness (QED) is 0.486. The molecule has 0 bridgehead atoms. The molecule has 0 spiro atoms. The van der Waals surface area contributed by atoms with E-state index in [0.717, 1.165) is 16.3 Å². The van der Waals surface area contributed by atoms with Crippen LogP contribution in [0.1, 0.15) is 20.3 Å². The Morgan fingerprint density at radius 2 is 2.00 bits per heavy atom. The third-order valence-corrected chi connectivity index (χ3v) is 3.06. The molecule has 0 rings (SSSR count). The molecule has 0 heterocycles. The summed E-state index contributed by atoms with van der Waals surface area (Å²) in [5.74, 6) is 0.790. The van der Waals surface area contributed by atoms with E-state index in [-0.39, 0.29) is 0 Å². The SMILES string of the molecule is [CH2]CC(I)C(C)C. The molecule has 1 heteroatoms. The number of halogens is 1. The van der Waals surface area contributed by atoms with E-state index in [4.69, 9.17) is 0 Å². The van der Waals surface area contributed by atoms with Gasteiger partial charge in [0.1, 0.15) is 0 Å². The molecule has 1 unspecified atom stereocenters. The molecule has 0 aliphatic carbocycles. The topological polar surface area (TPSA) is 0 Å². The van der Waals surface area contributed by atoms with Gasteiger partial charge >= 0.3 is 0 Å². The van der Waals surface area contributed by atoms with E-state index in [1.165, 1.54) is 0 Å². The summed E-state index contributed by atoms with van der Waals surface area (Å²) in [7, 11) is 0. The molecule has 0 aromatic rings. The summed E-state index contributed by atoms with van der Waals surface area (Å²) in [5, 5.41) is 0. The molecule has 0 aromatic heterocycles. The highest BCUT2D eigenvalue weighted by Crippen LogP contribution is 2.14. The Balaban J connectivity index is 3.14. The summed E-state index contributed by atoms with van der Waals surface area (Å²) in [6.45, 7) is 8.25. The van der Waals surface area contributed by atoms with Gasteiger partial charge in [-0.05, 0) is 12.3 Å². The van der Waals surface area contributed by atoms with Crippen LogP contribution in [0.15, 0.2) is 0 Å². The van der Waals surface area contributed by atoms with Crippen molar-refractivity contribution in [3.05, 3.63) is 6.92 Å². The molecule has 0 aliphatic rings. The number of rotatable bonds is 2. The van der Waals surface area contributed by atoms with Gasteiger partial charge in [-0.15, -0.1) is 0 Å². The van der Waals surface area contributed by atoms with E-state index in [0.29, 0.717) is 0 Å². The first-order valence-corrected chi connectivity index (χ1v) is 3.86. The second-order valence-corrected chi connectivity index (χ2v) is 3.65. The monoisotopic (exact) mass is 211 g/mol. The lowest BCUT2D eigenvalue weighted by molar-refractivity contribution is 0.630. The van der Waals surface area contributed by atoms with Crippen LogP contribution in [0.2, 0.25) is 0 Å². The Morgan fingerprint density at radius 1 is 1.57 bits per heavy atom. The standard InChI is InChI=1S/C6H12I/c1-4-6(7)5(2)3/h5-6H,1,4H2,2-3H3. The fraction of sp³-hybridized carbons (Fsp3) is 0.833. The molecule has 43 valence electrons. The summed E-state index contributed by atoms with van der Waals surface area (Å²) in [6.07, 6.45) is 1.05. The zero-order valence-electron chi connectivity index (χ0n) is 4.95. The van der Waals surface area contributed by atoms with Gasteiger partial charge in [-0.3, -0.25) is 0 Å². The zero-order chi connectivity index (χ0) is 5.86. The van der Waals surface area contributed by atoms with Crippen molar-refractivity contribution in [3.8, 4) is 0 Å². The lowest BCUT2D eigenvalue weighted by atomic mass is 10.1. The van der Waals surface area contributed by atoms with E-state index >= 15 is 0 Å². The van der Waals surface area contributed by atoms with Gasteiger partial charge in [-0.1, -0.05) is 43.4 Å². The summed E-state index contributed by atoms with van der Waals surface area (Å²) in [4.78, 5) is 0. The highest BCUT2D eigenvalue weighted by Gasteiger charge is 2.03. The predicted octanol–water partition coefficient (Wildman–Crippen LogP) is 2.67. The average Bonchev–Trinajstić information content (AvgIpc) is 1.65. The molecule has 0 N–H and O–H groups in total. The van der Waals surface area contributed by atoms with Crippen molar-refractivity contribution in [2.45, 2.75) is 24.2 Å². The normalized spacial score (nSPS) is 15.0. The fourth-order valence-corrected chi connectivity index (χ4v) is 0.333. The first-order chi connectivity index (χ1) is 3.18. The summed E-state index contributed by atoms with van der Waals surface area (Å²) in [6, 6.07) is 0. The second kappa shape index (κ2) is 3.70. The van der Waals surface area contributed by atoms with E-state index < -0.39 is 0 Å². The van der Waals surface area contributed by atoms with Crippen LogP contribution in [0.25, 0.3) is 0 Å². The van der Waals surface area contributed by atoms with E-state index in [1.54, 1.807) is 0 Å². The van der Waals surface area contributed by atoms with Gasteiger partial charge in [0.25, 0.3) is 0 Å². The minimum Gasteiger partial charge on any atom is -0.0823 e. The van der Waals surface area contributed by atoms with Crippen LogP contribution >= 0.6 is 22.6 Å². The van der Waals surface area contributed by atoms with Crippen LogP contribution < -0.4 is 0 Å². The first-order valence-electron chi connectivity index (χ1n) is 2.61. The van der Waals surface area contributed by atoms with Crippen molar-refractivity contribution in [1.82, 2.24) is 0 Å². The Hall–Kier alpha value is 0.730. The third kappa shape index (κ3) is 3.32. The van der Waals surface area contributed by atoms with Crippen molar-refractivity contribution in [2.75, 3.05) is 0 Å². The molecule has 0 amide bonds. The van der Waals surface area contributed by atoms with Crippen molar-refractivity contribution in [1.29, 1.82) is 0 Å². The fourth-order valence-electron chi connectivity index (χ4n) is 0.333. The van der Waals surface area contributed by atoms with Gasteiger partial charge in [-0.2, -0.15) is 0 Å². The van der Waals surface area contributed by atoms with Gasteiger partial charge in [-0.25, -0.2) is 0 Å². The minimum atomic E-state index is 0.762. The van der Waals surface area contributed by atoms with E-state index in [1.807, 2.05) is 0 Å². The molecule has 0 saturated carbocycles. The second-order valence-electron chi connectivity index (χ2n) is 2.05. The van der Waals surface area contributed by atoms with Gasteiger partial charge in [0.15, 0.2) is 0 Å². The van der Waals surface area contributed by atoms with Crippen LogP contribution in [-0.4, -0.2) is 3.92 Å². The van der Waals surface area contributed by atoms with Gasteiger partial charge in [0, 0.05) is 3.92 Å². The molecule has 1 radical (unpaired) electrons. The maximum Gasteiger partial charge on any atom is 0.0133 e. The van der Waals surface area contributed by atoms with Crippen LogP contribution in [0.5, 0.6) is 0 Å². The van der Waals surface area contributed by atoms with Crippen LogP contribution in [0.3, 0.4) is 0 Å². The third-order valence-electron chi connectivity index (χ3n) is 0.999. The van der Waals surface area contributed by atoms with Crippen LogP contribution in [0, 0.1) is 12.8 Å². The highest BCUT2D eigenvalue weighted by atomic mass is 127. The van der Waals surface area contributed by atoms with E-state index in [9.17, 15) is 0 Å². The Morgan fingerprint density at radius 3 is 2.00 bits per heavy atom. The Labute approximate surface area is 59.8 Å². The number of hydrogen-bond donors (Lipinski definition) is 0. The van der Waals surface area contributed by atoms with Gasteiger partial charge in [0.05, 0.1) is 0 Å². The maximum atomic E-state index is 3.80. The largest absolute Gasteiger partial charge is 0.0823 e. The van der Waals surface area contributed by atoms with Crippen molar-refractivity contribution >= 4 is 22.6 Å².